The summed E-state index contributed by atoms with van der Waals surface area (Å²) in [6.45, 7) is -5.47. The van der Waals surface area contributed by atoms with E-state index in [1.807, 2.05) is 5.32 Å². The van der Waals surface area contributed by atoms with Crippen LogP contribution in [0.3, 0.4) is 0 Å². The van der Waals surface area contributed by atoms with Crippen molar-refractivity contribution in [2.24, 2.45) is 0 Å². The summed E-state index contributed by atoms with van der Waals surface area (Å²) in [7, 11) is 0. The van der Waals surface area contributed by atoms with Crippen LogP contribution in [0.2, 0.25) is 0 Å². The van der Waals surface area contributed by atoms with Gasteiger partial charge in [-0.15, -0.1) is 0 Å². The molecule has 0 aromatic heterocycles. The zero-order valence-electron chi connectivity index (χ0n) is 6.89. The fourth-order valence-electron chi connectivity index (χ4n) is 0.847. The number of carbonyl (C=O) groups is 2. The number of nitrogens with zero attached hydrogens (tertiary/aromatic N) is 1. The SMILES string of the molecule is O=C1CNC(=O)N1C[B-](F)(F)F.[K+]. The number of imide groups is 1. The van der Waals surface area contributed by atoms with Gasteiger partial charge in [0.05, 0.1) is 6.54 Å². The van der Waals surface area contributed by atoms with Crippen LogP contribution in [0.5, 0.6) is 0 Å². The molecule has 0 spiro atoms. The second-order valence-corrected chi connectivity index (χ2v) is 2.37. The molecule has 1 heterocycles. The molecule has 3 amide bonds. The van der Waals surface area contributed by atoms with Gasteiger partial charge in [-0.25, -0.2) is 4.79 Å². The van der Waals surface area contributed by atoms with Crippen LogP contribution < -0.4 is 56.7 Å². The summed E-state index contributed by atoms with van der Waals surface area (Å²) in [6.07, 6.45) is -1.45. The molecule has 0 saturated carbocycles. The van der Waals surface area contributed by atoms with E-state index in [2.05, 4.69) is 0 Å². The van der Waals surface area contributed by atoms with E-state index in [0.29, 0.717) is 0 Å². The Balaban J connectivity index is 0.00000144. The molecule has 0 atom stereocenters. The summed E-state index contributed by atoms with van der Waals surface area (Å²) in [4.78, 5) is 21.3. The van der Waals surface area contributed by atoms with E-state index in [4.69, 9.17) is 0 Å². The number of amides is 3. The van der Waals surface area contributed by atoms with Crippen LogP contribution >= 0.6 is 0 Å². The van der Waals surface area contributed by atoms with E-state index in [-0.39, 0.29) is 62.8 Å². The van der Waals surface area contributed by atoms with E-state index in [1.165, 1.54) is 0 Å². The van der Waals surface area contributed by atoms with Gasteiger partial charge in [0.25, 0.3) is 0 Å². The van der Waals surface area contributed by atoms with Crippen LogP contribution in [0, 0.1) is 0 Å². The third-order valence-corrected chi connectivity index (χ3v) is 1.33. The predicted octanol–water partition coefficient (Wildman–Crippen LogP) is -3.07. The minimum atomic E-state index is -5.13. The third kappa shape index (κ3) is 3.98. The van der Waals surface area contributed by atoms with Crippen LogP contribution in [0.15, 0.2) is 0 Å². The monoisotopic (exact) mass is 220 g/mol. The molecule has 1 aliphatic heterocycles. The first kappa shape index (κ1) is 13.4. The van der Waals surface area contributed by atoms with Crippen molar-refractivity contribution in [1.82, 2.24) is 10.2 Å². The second-order valence-electron chi connectivity index (χ2n) is 2.37. The Hall–Kier alpha value is 0.431. The number of carbonyl (C=O) groups excluding carboxylic acids is 2. The summed E-state index contributed by atoms with van der Waals surface area (Å²) in [6, 6.07) is -0.973. The molecule has 0 radical (unpaired) electrons. The number of hydrogen-bond acceptors (Lipinski definition) is 2. The zero-order chi connectivity index (χ0) is 9.35. The normalized spacial score (nSPS) is 17.0. The fraction of sp³-hybridized carbons (Fsp3) is 0.500. The van der Waals surface area contributed by atoms with Gasteiger partial charge in [0.15, 0.2) is 0 Å². The molecule has 0 aromatic rings. The van der Waals surface area contributed by atoms with E-state index < -0.39 is 25.4 Å². The molecular weight excluding hydrogens is 215 g/mol. The minimum absolute atomic E-state index is 0. The van der Waals surface area contributed by atoms with Gasteiger partial charge in [-0.3, -0.25) is 9.69 Å². The first-order chi connectivity index (χ1) is 5.40. The van der Waals surface area contributed by atoms with E-state index in [9.17, 15) is 22.5 Å². The molecule has 1 saturated heterocycles. The number of halogens is 3. The van der Waals surface area contributed by atoms with E-state index in [0.717, 1.165) is 0 Å². The van der Waals surface area contributed by atoms with Gasteiger partial charge in [0, 0.05) is 6.44 Å². The Kier molecular flexibility index (Phi) is 4.94. The minimum Gasteiger partial charge on any atom is -0.448 e. The van der Waals surface area contributed by atoms with Gasteiger partial charge in [-0.2, -0.15) is 0 Å². The Morgan fingerprint density at radius 1 is 1.38 bits per heavy atom. The summed E-state index contributed by atoms with van der Waals surface area (Å²) in [5.41, 5.74) is 0. The van der Waals surface area contributed by atoms with Crippen LogP contribution in [0.1, 0.15) is 0 Å². The van der Waals surface area contributed by atoms with E-state index >= 15 is 0 Å². The van der Waals surface area contributed by atoms with Gasteiger partial charge < -0.3 is 18.3 Å². The topological polar surface area (TPSA) is 49.4 Å². The summed E-state index contributed by atoms with van der Waals surface area (Å²) >= 11 is 0. The average molecular weight is 220 g/mol. The van der Waals surface area contributed by atoms with Crippen molar-refractivity contribution >= 4 is 18.9 Å². The summed E-state index contributed by atoms with van der Waals surface area (Å²) in [5.74, 6) is -0.834. The van der Waals surface area contributed by atoms with Gasteiger partial charge in [0.2, 0.25) is 5.91 Å². The van der Waals surface area contributed by atoms with Crippen molar-refractivity contribution < 1.29 is 73.9 Å². The number of rotatable bonds is 2. The molecule has 9 heteroatoms. The first-order valence-corrected chi connectivity index (χ1v) is 3.19. The quantitative estimate of drug-likeness (QED) is 0.396. The van der Waals surface area contributed by atoms with Crippen molar-refractivity contribution in [2.75, 3.05) is 13.0 Å². The molecule has 68 valence electrons. The Bertz CT molecular complexity index is 218. The molecular formula is C4H5BF3KN2O2. The van der Waals surface area contributed by atoms with Crippen LogP contribution in [0.25, 0.3) is 0 Å². The summed E-state index contributed by atoms with van der Waals surface area (Å²) in [5, 5.41) is 1.99. The van der Waals surface area contributed by atoms with E-state index in [1.54, 1.807) is 0 Å². The molecule has 1 aliphatic rings. The van der Waals surface area contributed by atoms with Crippen molar-refractivity contribution in [3.8, 4) is 0 Å². The second kappa shape index (κ2) is 4.78. The van der Waals surface area contributed by atoms with Gasteiger partial charge in [-0.1, -0.05) is 0 Å². The number of nitrogens with one attached hydrogen (secondary N) is 1. The maximum absolute atomic E-state index is 11.7. The largest absolute Gasteiger partial charge is 1.00 e. The molecule has 0 bridgehead atoms. The van der Waals surface area contributed by atoms with Gasteiger partial charge in [0.1, 0.15) is 0 Å². The average Bonchev–Trinajstić information content (AvgIpc) is 2.16. The molecule has 1 N–H and O–H groups in total. The Morgan fingerprint density at radius 2 is 1.92 bits per heavy atom. The molecule has 13 heavy (non-hydrogen) atoms. The standard InChI is InChI=1S/C4H5BF3N2O2.K/c6-5(7,8)2-10-3(11)1-9-4(10)12;/h1-2H2,(H,9,12);/q-1;+1. The number of urea groups is 1. The van der Waals surface area contributed by atoms with Crippen LogP contribution in [-0.2, 0) is 4.79 Å². The predicted molar refractivity (Wildman–Crippen MR) is 34.2 cm³/mol. The fourth-order valence-corrected chi connectivity index (χ4v) is 0.847. The van der Waals surface area contributed by atoms with Crippen molar-refractivity contribution in [3.63, 3.8) is 0 Å². The van der Waals surface area contributed by atoms with Crippen molar-refractivity contribution in [2.45, 2.75) is 0 Å². The van der Waals surface area contributed by atoms with Crippen LogP contribution in [-0.4, -0.2) is 36.8 Å². The van der Waals surface area contributed by atoms with Gasteiger partial charge in [-0.05, 0) is 0 Å². The molecule has 1 rings (SSSR count). The third-order valence-electron chi connectivity index (χ3n) is 1.33. The van der Waals surface area contributed by atoms with Crippen molar-refractivity contribution in [1.29, 1.82) is 0 Å². The summed E-state index contributed by atoms with van der Waals surface area (Å²) < 4.78 is 35.2. The zero-order valence-corrected chi connectivity index (χ0v) is 10.0. The first-order valence-electron chi connectivity index (χ1n) is 3.19. The van der Waals surface area contributed by atoms with Crippen molar-refractivity contribution in [3.05, 3.63) is 0 Å². The maximum Gasteiger partial charge on any atom is 1.00 e. The molecule has 4 nitrogen and oxygen atoms in total. The molecule has 0 aliphatic carbocycles. The molecule has 0 unspecified atom stereocenters. The smallest absolute Gasteiger partial charge is 0.448 e. The van der Waals surface area contributed by atoms with Crippen LogP contribution in [0.4, 0.5) is 17.7 Å². The number of hydrogen-bond donors (Lipinski definition) is 1. The Morgan fingerprint density at radius 3 is 2.23 bits per heavy atom. The Labute approximate surface area is 115 Å². The van der Waals surface area contributed by atoms with Gasteiger partial charge >= 0.3 is 64.4 Å². The molecule has 1 fully saturated rings. The molecule has 0 aromatic carbocycles. The maximum atomic E-state index is 11.7.